The smallest absolute Gasteiger partial charge is 0.261 e. The minimum atomic E-state index is -0.451. The summed E-state index contributed by atoms with van der Waals surface area (Å²) < 4.78 is 11.4. The molecule has 4 heteroatoms. The van der Waals surface area contributed by atoms with E-state index < -0.39 is 6.10 Å². The third-order valence-electron chi connectivity index (χ3n) is 5.38. The van der Waals surface area contributed by atoms with E-state index >= 15 is 0 Å². The maximum atomic E-state index is 12.5. The number of hydrogen-bond donors (Lipinski definition) is 1. The normalized spacial score (nSPS) is 14.1. The summed E-state index contributed by atoms with van der Waals surface area (Å²) in [6, 6.07) is 14.3. The first-order valence-corrected chi connectivity index (χ1v) is 10.4. The van der Waals surface area contributed by atoms with E-state index in [0.29, 0.717) is 13.0 Å². The second-order valence-electron chi connectivity index (χ2n) is 7.36. The lowest BCUT2D eigenvalue weighted by Crippen LogP contribution is -2.38. The first-order valence-electron chi connectivity index (χ1n) is 10.4. The van der Waals surface area contributed by atoms with Crippen molar-refractivity contribution in [2.24, 2.45) is 0 Å². The summed E-state index contributed by atoms with van der Waals surface area (Å²) in [7, 11) is 1.69. The van der Waals surface area contributed by atoms with Gasteiger partial charge >= 0.3 is 0 Å². The molecule has 28 heavy (non-hydrogen) atoms. The maximum absolute atomic E-state index is 12.5. The van der Waals surface area contributed by atoms with Crippen LogP contribution in [0.5, 0.6) is 11.5 Å². The van der Waals surface area contributed by atoms with Crippen molar-refractivity contribution in [3.8, 4) is 11.5 Å². The molecule has 2 aromatic carbocycles. The first kappa shape index (κ1) is 20.2. The number of hydrogen-bond acceptors (Lipinski definition) is 3. The van der Waals surface area contributed by atoms with E-state index in [1.807, 2.05) is 31.2 Å². The van der Waals surface area contributed by atoms with Crippen molar-refractivity contribution < 1.29 is 14.3 Å². The van der Waals surface area contributed by atoms with Gasteiger partial charge < -0.3 is 14.8 Å². The molecule has 0 fully saturated rings. The molecule has 3 rings (SSSR count). The molecule has 0 unspecified atom stereocenters. The molecule has 0 saturated carbocycles. The number of amides is 1. The fraction of sp³-hybridized carbons (Fsp3) is 0.458. The Morgan fingerprint density at radius 1 is 1.11 bits per heavy atom. The lowest BCUT2D eigenvalue weighted by Gasteiger charge is -2.20. The van der Waals surface area contributed by atoms with Crippen LogP contribution in [0.2, 0.25) is 0 Å². The second-order valence-corrected chi connectivity index (χ2v) is 7.36. The predicted molar refractivity (Wildman–Crippen MR) is 112 cm³/mol. The monoisotopic (exact) mass is 381 g/mol. The Bertz CT molecular complexity index is 787. The molecular formula is C24H31NO3. The van der Waals surface area contributed by atoms with Gasteiger partial charge in [-0.25, -0.2) is 0 Å². The van der Waals surface area contributed by atoms with E-state index in [2.05, 4.69) is 23.5 Å². The molecule has 1 aliphatic carbocycles. The van der Waals surface area contributed by atoms with Gasteiger partial charge in [-0.15, -0.1) is 0 Å². The Morgan fingerprint density at radius 3 is 2.68 bits per heavy atom. The van der Waals surface area contributed by atoms with Crippen LogP contribution < -0.4 is 14.8 Å². The number of ether oxygens (including phenoxy) is 2. The number of rotatable bonds is 9. The summed E-state index contributed by atoms with van der Waals surface area (Å²) in [6.45, 7) is 2.61. The van der Waals surface area contributed by atoms with Gasteiger partial charge in [-0.2, -0.15) is 0 Å². The zero-order valence-electron chi connectivity index (χ0n) is 17.0. The maximum Gasteiger partial charge on any atom is 0.261 e. The molecule has 0 spiro atoms. The highest BCUT2D eigenvalue weighted by atomic mass is 16.5. The molecule has 0 saturated heterocycles. The molecule has 1 aliphatic rings. The second kappa shape index (κ2) is 10.2. The van der Waals surface area contributed by atoms with Crippen molar-refractivity contribution in [1.82, 2.24) is 5.32 Å². The summed E-state index contributed by atoms with van der Waals surface area (Å²) in [5, 5.41) is 3.02. The summed E-state index contributed by atoms with van der Waals surface area (Å²) in [5.74, 6) is 1.66. The van der Waals surface area contributed by atoms with E-state index in [1.165, 1.54) is 24.0 Å². The summed E-state index contributed by atoms with van der Waals surface area (Å²) >= 11 is 0. The van der Waals surface area contributed by atoms with Crippen molar-refractivity contribution in [3.05, 3.63) is 59.2 Å². The molecule has 0 aliphatic heterocycles. The molecule has 1 N–H and O–H groups in total. The van der Waals surface area contributed by atoms with Gasteiger partial charge in [0.15, 0.2) is 6.10 Å². The van der Waals surface area contributed by atoms with Crippen molar-refractivity contribution in [3.63, 3.8) is 0 Å². The van der Waals surface area contributed by atoms with Crippen LogP contribution in [0.1, 0.15) is 49.3 Å². The SMILES string of the molecule is CC[C@@H](Oc1ccc2c(c1)CCCC2)C(=O)NCCCc1ccccc1OC. The molecule has 4 nitrogen and oxygen atoms in total. The van der Waals surface area contributed by atoms with Crippen LogP contribution in [-0.2, 0) is 24.1 Å². The molecule has 0 radical (unpaired) electrons. The minimum absolute atomic E-state index is 0.0414. The van der Waals surface area contributed by atoms with Gasteiger partial charge in [-0.05, 0) is 79.8 Å². The largest absolute Gasteiger partial charge is 0.496 e. The Hall–Kier alpha value is -2.49. The van der Waals surface area contributed by atoms with Gasteiger partial charge in [-0.3, -0.25) is 4.79 Å². The molecule has 1 atom stereocenters. The summed E-state index contributed by atoms with van der Waals surface area (Å²) in [5.41, 5.74) is 3.96. The third-order valence-corrected chi connectivity index (χ3v) is 5.38. The van der Waals surface area contributed by atoms with Crippen LogP contribution in [0.3, 0.4) is 0 Å². The van der Waals surface area contributed by atoms with Gasteiger partial charge in [0.05, 0.1) is 7.11 Å². The average molecular weight is 382 g/mol. The molecule has 0 heterocycles. The van der Waals surface area contributed by atoms with Crippen molar-refractivity contribution in [2.75, 3.05) is 13.7 Å². The number of aryl methyl sites for hydroxylation is 3. The number of methoxy groups -OCH3 is 1. The van der Waals surface area contributed by atoms with Crippen molar-refractivity contribution >= 4 is 5.91 Å². The fourth-order valence-corrected chi connectivity index (χ4v) is 3.78. The van der Waals surface area contributed by atoms with Crippen LogP contribution >= 0.6 is 0 Å². The number of para-hydroxylation sites is 1. The zero-order valence-corrected chi connectivity index (χ0v) is 17.0. The lowest BCUT2D eigenvalue weighted by molar-refractivity contribution is -0.128. The van der Waals surface area contributed by atoms with E-state index in [1.54, 1.807) is 7.11 Å². The van der Waals surface area contributed by atoms with E-state index in [4.69, 9.17) is 9.47 Å². The highest BCUT2D eigenvalue weighted by Gasteiger charge is 2.19. The lowest BCUT2D eigenvalue weighted by atomic mass is 9.92. The van der Waals surface area contributed by atoms with Gasteiger partial charge in [-0.1, -0.05) is 31.2 Å². The van der Waals surface area contributed by atoms with Crippen LogP contribution in [0, 0.1) is 0 Å². The van der Waals surface area contributed by atoms with Crippen molar-refractivity contribution in [1.29, 1.82) is 0 Å². The average Bonchev–Trinajstić information content (AvgIpc) is 2.75. The Labute approximate surface area is 168 Å². The van der Waals surface area contributed by atoms with Gasteiger partial charge in [0, 0.05) is 6.54 Å². The van der Waals surface area contributed by atoms with E-state index in [9.17, 15) is 4.79 Å². The molecule has 150 valence electrons. The number of benzene rings is 2. The van der Waals surface area contributed by atoms with Crippen LogP contribution in [0.15, 0.2) is 42.5 Å². The quantitative estimate of drug-likeness (QED) is 0.652. The zero-order chi connectivity index (χ0) is 19.8. The van der Waals surface area contributed by atoms with Crippen LogP contribution in [-0.4, -0.2) is 25.7 Å². The number of fused-ring (bicyclic) bond motifs is 1. The highest BCUT2D eigenvalue weighted by Crippen LogP contribution is 2.26. The summed E-state index contributed by atoms with van der Waals surface area (Å²) in [6.07, 6.45) is 6.69. The van der Waals surface area contributed by atoms with E-state index in [0.717, 1.165) is 42.7 Å². The number of nitrogens with one attached hydrogen (secondary N) is 1. The Balaban J connectivity index is 1.48. The van der Waals surface area contributed by atoms with Gasteiger partial charge in [0.1, 0.15) is 11.5 Å². The predicted octanol–water partition coefficient (Wildman–Crippen LogP) is 4.48. The molecule has 0 bridgehead atoms. The standard InChI is InChI=1S/C24H31NO3/c1-3-22(28-21-15-14-18-9-4-5-11-20(18)17-21)24(26)25-16-8-12-19-10-6-7-13-23(19)27-2/h6-7,10,13-15,17,22H,3-5,8-9,11-12,16H2,1-2H3,(H,25,26)/t22-/m1/s1. The minimum Gasteiger partial charge on any atom is -0.496 e. The Morgan fingerprint density at radius 2 is 1.89 bits per heavy atom. The van der Waals surface area contributed by atoms with E-state index in [-0.39, 0.29) is 5.91 Å². The van der Waals surface area contributed by atoms with Gasteiger partial charge in [0.2, 0.25) is 0 Å². The number of carbonyl (C=O) groups is 1. The highest BCUT2D eigenvalue weighted by molar-refractivity contribution is 5.81. The van der Waals surface area contributed by atoms with Crippen molar-refractivity contribution in [2.45, 2.75) is 58.0 Å². The topological polar surface area (TPSA) is 47.6 Å². The molecular weight excluding hydrogens is 350 g/mol. The van der Waals surface area contributed by atoms with Crippen LogP contribution in [0.25, 0.3) is 0 Å². The Kier molecular flexibility index (Phi) is 7.35. The summed E-state index contributed by atoms with van der Waals surface area (Å²) in [4.78, 5) is 12.5. The molecule has 0 aromatic heterocycles. The fourth-order valence-electron chi connectivity index (χ4n) is 3.78. The first-order chi connectivity index (χ1) is 13.7. The molecule has 1 amide bonds. The van der Waals surface area contributed by atoms with Gasteiger partial charge in [0.25, 0.3) is 5.91 Å². The third kappa shape index (κ3) is 5.28. The number of carbonyl (C=O) groups excluding carboxylic acids is 1. The molecule has 2 aromatic rings. The van der Waals surface area contributed by atoms with Crippen LogP contribution in [0.4, 0.5) is 0 Å².